The first-order valence-corrected chi connectivity index (χ1v) is 6.28. The van der Waals surface area contributed by atoms with E-state index in [4.69, 9.17) is 0 Å². The summed E-state index contributed by atoms with van der Waals surface area (Å²) in [7, 11) is 0. The van der Waals surface area contributed by atoms with E-state index >= 15 is 0 Å². The van der Waals surface area contributed by atoms with Crippen LogP contribution in [0.3, 0.4) is 0 Å². The van der Waals surface area contributed by atoms with Crippen molar-refractivity contribution >= 4 is 31.4 Å². The predicted molar refractivity (Wildman–Crippen MR) is 59.0 cm³/mol. The molecule has 0 unspecified atom stereocenters. The quantitative estimate of drug-likeness (QED) is 0.443. The molecule has 2 nitrogen and oxygen atoms in total. The zero-order chi connectivity index (χ0) is 9.97. The topological polar surface area (TPSA) is 20.3 Å². The van der Waals surface area contributed by atoms with Crippen molar-refractivity contribution in [3.8, 4) is 0 Å². The molecule has 0 aliphatic carbocycles. The summed E-state index contributed by atoms with van der Waals surface area (Å²) in [6, 6.07) is 8.36. The van der Waals surface area contributed by atoms with Gasteiger partial charge in [0.2, 0.25) is 0 Å². The maximum atomic E-state index is 10.5. The first-order chi connectivity index (χ1) is 6.86. The van der Waals surface area contributed by atoms with Crippen LogP contribution in [0, 0.1) is 0 Å². The van der Waals surface area contributed by atoms with Crippen LogP contribution in [0.4, 0.5) is 5.69 Å². The Balaban J connectivity index is 2.43. The van der Waals surface area contributed by atoms with Gasteiger partial charge in [-0.2, -0.15) is 0 Å². The molecule has 1 aromatic rings. The van der Waals surface area contributed by atoms with Gasteiger partial charge in [-0.1, -0.05) is 0 Å². The summed E-state index contributed by atoms with van der Waals surface area (Å²) in [6.45, 7) is 3.04. The molecule has 1 heterocycles. The van der Waals surface area contributed by atoms with E-state index in [0.717, 1.165) is 17.4 Å². The summed E-state index contributed by atoms with van der Waals surface area (Å²) >= 11 is 0.299. The van der Waals surface area contributed by atoms with Crippen LogP contribution in [0.1, 0.15) is 6.92 Å². The number of hydrogen-bond acceptors (Lipinski definition) is 2. The van der Waals surface area contributed by atoms with E-state index in [2.05, 4.69) is 30.0 Å². The fourth-order valence-corrected chi connectivity index (χ4v) is 3.90. The van der Waals surface area contributed by atoms with Gasteiger partial charge in [0, 0.05) is 0 Å². The van der Waals surface area contributed by atoms with E-state index in [0.29, 0.717) is 15.0 Å². The summed E-state index contributed by atoms with van der Waals surface area (Å²) in [5.74, 6) is 0. The fourth-order valence-electron chi connectivity index (χ4n) is 1.56. The molecule has 0 radical (unpaired) electrons. The molecule has 1 aliphatic heterocycles. The second-order valence-corrected chi connectivity index (χ2v) is 5.18. The first-order valence-electron chi connectivity index (χ1n) is 4.56. The molecule has 0 amide bonds. The van der Waals surface area contributed by atoms with Crippen molar-refractivity contribution in [2.24, 2.45) is 0 Å². The van der Waals surface area contributed by atoms with Crippen LogP contribution >= 0.6 is 0 Å². The molecule has 0 bridgehead atoms. The number of benzene rings is 1. The van der Waals surface area contributed by atoms with Crippen LogP contribution in [-0.4, -0.2) is 27.8 Å². The molecule has 14 heavy (non-hydrogen) atoms. The van der Waals surface area contributed by atoms with Crippen LogP contribution in [0.25, 0.3) is 0 Å². The molecule has 0 atom stereocenters. The maximum absolute atomic E-state index is 10.5. The molecule has 0 aromatic heterocycles. The van der Waals surface area contributed by atoms with Crippen LogP contribution in [0.15, 0.2) is 34.9 Å². The van der Waals surface area contributed by atoms with E-state index in [1.54, 1.807) is 6.08 Å². The second kappa shape index (κ2) is 3.99. The normalized spacial score (nSPS) is 17.2. The molecular formula is C11H11NOSe. The summed E-state index contributed by atoms with van der Waals surface area (Å²) in [5.41, 5.74) is 1.27. The van der Waals surface area contributed by atoms with E-state index < -0.39 is 0 Å². The number of fused-ring (bicyclic) bond motifs is 1. The number of anilines is 1. The molecule has 0 saturated carbocycles. The Kier molecular flexibility index (Phi) is 2.71. The second-order valence-electron chi connectivity index (χ2n) is 2.96. The molecular weight excluding hydrogens is 241 g/mol. The van der Waals surface area contributed by atoms with E-state index in [9.17, 15) is 4.79 Å². The van der Waals surface area contributed by atoms with E-state index in [-0.39, 0.29) is 0 Å². The number of carbonyl (C=O) groups is 1. The molecule has 72 valence electrons. The van der Waals surface area contributed by atoms with Crippen LogP contribution in [0.5, 0.6) is 0 Å². The van der Waals surface area contributed by atoms with Gasteiger partial charge in [-0.05, 0) is 0 Å². The van der Waals surface area contributed by atoms with Crippen molar-refractivity contribution in [1.29, 1.82) is 0 Å². The average Bonchev–Trinajstić information content (AvgIpc) is 2.55. The van der Waals surface area contributed by atoms with Gasteiger partial charge in [0.05, 0.1) is 0 Å². The Morgan fingerprint density at radius 1 is 1.43 bits per heavy atom. The Morgan fingerprint density at radius 3 is 2.93 bits per heavy atom. The zero-order valence-corrected chi connectivity index (χ0v) is 9.65. The first kappa shape index (κ1) is 9.50. The SMILES string of the molecule is CCN1C(=CC=O)[Se]c2ccccc21. The number of aldehydes is 1. The third kappa shape index (κ3) is 1.49. The van der Waals surface area contributed by atoms with Crippen molar-refractivity contribution < 1.29 is 4.79 Å². The number of carbonyl (C=O) groups excluding carboxylic acids is 1. The molecule has 1 aliphatic rings. The minimum absolute atomic E-state index is 0.299. The van der Waals surface area contributed by atoms with Crippen molar-refractivity contribution in [3.05, 3.63) is 34.9 Å². The molecule has 0 saturated heterocycles. The fraction of sp³-hybridized carbons (Fsp3) is 0.182. The summed E-state index contributed by atoms with van der Waals surface area (Å²) in [6.07, 6.45) is 2.56. The van der Waals surface area contributed by atoms with Gasteiger partial charge in [0.1, 0.15) is 0 Å². The standard InChI is InChI=1S/C11H11NOSe/c1-2-12-9-5-3-4-6-10(9)14-11(12)7-8-13/h3-8H,2H2,1H3. The van der Waals surface area contributed by atoms with Crippen LogP contribution in [-0.2, 0) is 4.79 Å². The number of hydrogen-bond donors (Lipinski definition) is 0. The van der Waals surface area contributed by atoms with Crippen molar-refractivity contribution in [3.63, 3.8) is 0 Å². The molecule has 2 rings (SSSR count). The van der Waals surface area contributed by atoms with Crippen LogP contribution < -0.4 is 9.36 Å². The minimum atomic E-state index is 0.299. The Bertz CT molecular complexity index is 387. The third-order valence-electron chi connectivity index (χ3n) is 2.16. The van der Waals surface area contributed by atoms with Crippen molar-refractivity contribution in [1.82, 2.24) is 0 Å². The van der Waals surface area contributed by atoms with Gasteiger partial charge < -0.3 is 0 Å². The van der Waals surface area contributed by atoms with Gasteiger partial charge in [-0.3, -0.25) is 0 Å². The van der Waals surface area contributed by atoms with Gasteiger partial charge in [-0.25, -0.2) is 0 Å². The monoisotopic (exact) mass is 253 g/mol. The molecule has 0 spiro atoms. The predicted octanol–water partition coefficient (Wildman–Crippen LogP) is 0.896. The third-order valence-corrected chi connectivity index (χ3v) is 4.54. The van der Waals surface area contributed by atoms with Crippen LogP contribution in [0.2, 0.25) is 0 Å². The summed E-state index contributed by atoms with van der Waals surface area (Å²) < 4.78 is 2.53. The average molecular weight is 252 g/mol. The van der Waals surface area contributed by atoms with Crippen molar-refractivity contribution in [2.45, 2.75) is 6.92 Å². The number of rotatable bonds is 2. The molecule has 0 N–H and O–H groups in total. The van der Waals surface area contributed by atoms with E-state index in [1.807, 2.05) is 6.07 Å². The number of allylic oxidation sites excluding steroid dienone is 1. The van der Waals surface area contributed by atoms with Gasteiger partial charge >= 0.3 is 89.5 Å². The molecule has 1 aromatic carbocycles. The Labute approximate surface area is 89.8 Å². The zero-order valence-electron chi connectivity index (χ0n) is 7.93. The summed E-state index contributed by atoms with van der Waals surface area (Å²) in [4.78, 5) is 12.7. The molecule has 0 fully saturated rings. The molecule has 3 heteroatoms. The summed E-state index contributed by atoms with van der Waals surface area (Å²) in [5, 5.41) is 0. The van der Waals surface area contributed by atoms with E-state index in [1.165, 1.54) is 10.1 Å². The van der Waals surface area contributed by atoms with Gasteiger partial charge in [-0.15, -0.1) is 0 Å². The van der Waals surface area contributed by atoms with Gasteiger partial charge in [0.15, 0.2) is 0 Å². The number of para-hydroxylation sites is 1. The Hall–Kier alpha value is -1.05. The number of nitrogens with zero attached hydrogens (tertiary/aromatic N) is 1. The van der Waals surface area contributed by atoms with Gasteiger partial charge in [0.25, 0.3) is 0 Å². The Morgan fingerprint density at radius 2 is 2.21 bits per heavy atom. The van der Waals surface area contributed by atoms with Crippen molar-refractivity contribution in [2.75, 3.05) is 11.4 Å².